The van der Waals surface area contributed by atoms with E-state index in [0.29, 0.717) is 12.8 Å². The third kappa shape index (κ3) is 1.94. The van der Waals surface area contributed by atoms with Crippen molar-refractivity contribution in [3.05, 3.63) is 20.0 Å². The summed E-state index contributed by atoms with van der Waals surface area (Å²) in [6.45, 7) is -0.134. The highest BCUT2D eigenvalue weighted by atomic mass is 32.1. The van der Waals surface area contributed by atoms with E-state index in [9.17, 15) is 19.8 Å². The van der Waals surface area contributed by atoms with E-state index in [2.05, 4.69) is 9.97 Å². The molecular formula is C11H14N4O4S. The van der Waals surface area contributed by atoms with Crippen LogP contribution in [0.3, 0.4) is 0 Å². The number of aliphatic hydroxyl groups excluding tert-OH is 2. The molecule has 1 aliphatic carbocycles. The highest BCUT2D eigenvalue weighted by molar-refractivity contribution is 7.16. The molecule has 2 aromatic heterocycles. The first-order chi connectivity index (χ1) is 9.51. The number of aromatic amines is 1. The summed E-state index contributed by atoms with van der Waals surface area (Å²) >= 11 is 0.812. The Balaban J connectivity index is 2.15. The van der Waals surface area contributed by atoms with Crippen molar-refractivity contribution in [2.45, 2.75) is 25.0 Å². The fraction of sp³-hybridized carbons (Fsp3) is 0.545. The van der Waals surface area contributed by atoms with Crippen LogP contribution in [0.25, 0.3) is 10.3 Å². The largest absolute Gasteiger partial charge is 0.396 e. The second kappa shape index (κ2) is 4.69. The van der Waals surface area contributed by atoms with Crippen LogP contribution in [0.4, 0.5) is 5.95 Å². The lowest BCUT2D eigenvalue weighted by Gasteiger charge is -2.11. The Morgan fingerprint density at radius 2 is 2.20 bits per heavy atom. The SMILES string of the molecule is Nc1nc2c(sc(=O)n2[C@@H]2C[C@H](CO)[C@@H](O)C2)c(=O)[nH]1. The van der Waals surface area contributed by atoms with Gasteiger partial charge in [0.25, 0.3) is 5.56 Å². The summed E-state index contributed by atoms with van der Waals surface area (Å²) in [7, 11) is 0. The van der Waals surface area contributed by atoms with Gasteiger partial charge < -0.3 is 15.9 Å². The maximum Gasteiger partial charge on any atom is 0.309 e. The second-order valence-electron chi connectivity index (χ2n) is 4.98. The molecule has 0 bridgehead atoms. The molecule has 1 saturated carbocycles. The summed E-state index contributed by atoms with van der Waals surface area (Å²) in [6.07, 6.45) is 0.162. The van der Waals surface area contributed by atoms with E-state index in [1.54, 1.807) is 0 Å². The summed E-state index contributed by atoms with van der Waals surface area (Å²) in [6, 6.07) is -0.280. The van der Waals surface area contributed by atoms with Crippen LogP contribution in [-0.2, 0) is 0 Å². The molecule has 0 aromatic carbocycles. The predicted octanol–water partition coefficient (Wildman–Crippen LogP) is -0.967. The predicted molar refractivity (Wildman–Crippen MR) is 73.8 cm³/mol. The van der Waals surface area contributed by atoms with Crippen LogP contribution in [0.15, 0.2) is 9.59 Å². The summed E-state index contributed by atoms with van der Waals surface area (Å²) in [5.41, 5.74) is 5.32. The van der Waals surface area contributed by atoms with Gasteiger partial charge in [-0.05, 0) is 12.8 Å². The van der Waals surface area contributed by atoms with Crippen molar-refractivity contribution in [2.75, 3.05) is 12.3 Å². The summed E-state index contributed by atoms with van der Waals surface area (Å²) in [4.78, 5) is 29.9. The Morgan fingerprint density at radius 1 is 1.45 bits per heavy atom. The Morgan fingerprint density at radius 3 is 2.85 bits per heavy atom. The van der Waals surface area contributed by atoms with Gasteiger partial charge in [0.15, 0.2) is 5.65 Å². The van der Waals surface area contributed by atoms with Gasteiger partial charge in [0, 0.05) is 18.6 Å². The smallest absolute Gasteiger partial charge is 0.309 e. The first-order valence-corrected chi connectivity index (χ1v) is 7.02. The van der Waals surface area contributed by atoms with Gasteiger partial charge >= 0.3 is 4.87 Å². The number of nitrogen functional groups attached to an aromatic ring is 1. The van der Waals surface area contributed by atoms with Crippen molar-refractivity contribution in [3.63, 3.8) is 0 Å². The maximum absolute atomic E-state index is 12.1. The first kappa shape index (κ1) is 13.3. The number of rotatable bonds is 2. The van der Waals surface area contributed by atoms with Crippen molar-refractivity contribution >= 4 is 27.6 Å². The number of aromatic nitrogens is 3. The Hall–Kier alpha value is -1.71. The second-order valence-corrected chi connectivity index (χ2v) is 5.94. The molecule has 0 spiro atoms. The average molecular weight is 298 g/mol. The highest BCUT2D eigenvalue weighted by Crippen LogP contribution is 2.35. The number of hydrogen-bond donors (Lipinski definition) is 4. The molecule has 2 aromatic rings. The molecule has 5 N–H and O–H groups in total. The van der Waals surface area contributed by atoms with Crippen LogP contribution in [-0.4, -0.2) is 37.5 Å². The van der Waals surface area contributed by atoms with Crippen LogP contribution in [0.1, 0.15) is 18.9 Å². The van der Waals surface area contributed by atoms with E-state index in [1.807, 2.05) is 0 Å². The molecule has 3 atom stereocenters. The van der Waals surface area contributed by atoms with Crippen molar-refractivity contribution in [1.82, 2.24) is 14.5 Å². The third-order valence-electron chi connectivity index (χ3n) is 3.72. The van der Waals surface area contributed by atoms with Crippen LogP contribution in [0.5, 0.6) is 0 Å². The normalized spacial score (nSPS) is 26.4. The van der Waals surface area contributed by atoms with E-state index < -0.39 is 11.7 Å². The van der Waals surface area contributed by atoms with Crippen LogP contribution >= 0.6 is 11.3 Å². The van der Waals surface area contributed by atoms with Crippen molar-refractivity contribution in [1.29, 1.82) is 0 Å². The molecule has 108 valence electrons. The lowest BCUT2D eigenvalue weighted by molar-refractivity contribution is 0.0906. The Labute approximate surface area is 116 Å². The lowest BCUT2D eigenvalue weighted by Crippen LogP contribution is -2.19. The maximum atomic E-state index is 12.1. The van der Waals surface area contributed by atoms with Crippen LogP contribution in [0, 0.1) is 5.92 Å². The number of nitrogens with zero attached hydrogens (tertiary/aromatic N) is 2. The lowest BCUT2D eigenvalue weighted by atomic mass is 10.1. The minimum atomic E-state index is -0.661. The van der Waals surface area contributed by atoms with Crippen LogP contribution in [0.2, 0.25) is 0 Å². The zero-order valence-corrected chi connectivity index (χ0v) is 11.3. The van der Waals surface area contributed by atoms with Gasteiger partial charge in [0.2, 0.25) is 5.95 Å². The van der Waals surface area contributed by atoms with Crippen molar-refractivity contribution in [2.24, 2.45) is 5.92 Å². The molecule has 1 aliphatic rings. The number of anilines is 1. The van der Waals surface area contributed by atoms with Gasteiger partial charge in [0.05, 0.1) is 6.10 Å². The summed E-state index contributed by atoms with van der Waals surface area (Å²) < 4.78 is 1.64. The molecule has 9 heteroatoms. The minimum Gasteiger partial charge on any atom is -0.396 e. The Bertz CT molecular complexity index is 764. The first-order valence-electron chi connectivity index (χ1n) is 6.21. The molecule has 0 unspecified atom stereocenters. The van der Waals surface area contributed by atoms with Gasteiger partial charge in [-0.1, -0.05) is 11.3 Å². The fourth-order valence-corrected chi connectivity index (χ4v) is 3.64. The van der Waals surface area contributed by atoms with Crippen molar-refractivity contribution < 1.29 is 10.2 Å². The third-order valence-corrected chi connectivity index (χ3v) is 4.67. The van der Waals surface area contributed by atoms with Gasteiger partial charge in [-0.25, -0.2) is 0 Å². The fourth-order valence-electron chi connectivity index (χ4n) is 2.75. The molecule has 0 saturated heterocycles. The number of nitrogens with one attached hydrogen (secondary N) is 1. The number of aliphatic hydroxyl groups is 2. The molecule has 1 fully saturated rings. The number of thiazole rings is 1. The standard InChI is InChI=1S/C11H14N4O4S/c12-10-13-8-7(9(18)14-10)20-11(19)15(8)5-1-4(3-16)6(17)2-5/h4-6,16-17H,1-3H2,(H3,12,13,14,18)/t4-,5-,6+/m1/s1. The zero-order valence-electron chi connectivity index (χ0n) is 10.4. The highest BCUT2D eigenvalue weighted by Gasteiger charge is 2.35. The van der Waals surface area contributed by atoms with E-state index >= 15 is 0 Å². The number of nitrogens with two attached hydrogens (primary N) is 1. The molecule has 0 amide bonds. The van der Waals surface area contributed by atoms with Gasteiger partial charge in [-0.15, -0.1) is 0 Å². The molecule has 3 rings (SSSR count). The number of hydrogen-bond acceptors (Lipinski definition) is 7. The summed E-state index contributed by atoms with van der Waals surface area (Å²) in [5.74, 6) is -0.313. The molecule has 2 heterocycles. The average Bonchev–Trinajstić information content (AvgIpc) is 2.89. The quantitative estimate of drug-likeness (QED) is 0.563. The van der Waals surface area contributed by atoms with Gasteiger partial charge in [-0.2, -0.15) is 4.98 Å². The van der Waals surface area contributed by atoms with E-state index in [0.717, 1.165) is 11.3 Å². The van der Waals surface area contributed by atoms with Gasteiger partial charge in [-0.3, -0.25) is 19.1 Å². The van der Waals surface area contributed by atoms with Crippen LogP contribution < -0.4 is 16.2 Å². The molecule has 0 radical (unpaired) electrons. The van der Waals surface area contributed by atoms with E-state index in [4.69, 9.17) is 5.73 Å². The van der Waals surface area contributed by atoms with Gasteiger partial charge in [0.1, 0.15) is 4.70 Å². The van der Waals surface area contributed by atoms with E-state index in [1.165, 1.54) is 4.57 Å². The molecular weight excluding hydrogens is 284 g/mol. The summed E-state index contributed by atoms with van der Waals surface area (Å²) in [5, 5.41) is 19.0. The Kier molecular flexibility index (Phi) is 3.11. The number of fused-ring (bicyclic) bond motifs is 1. The topological polar surface area (TPSA) is 134 Å². The minimum absolute atomic E-state index is 0.0497. The molecule has 8 nitrogen and oxygen atoms in total. The zero-order chi connectivity index (χ0) is 14.4. The molecule has 20 heavy (non-hydrogen) atoms. The number of H-pyrrole nitrogens is 1. The monoisotopic (exact) mass is 298 g/mol. The van der Waals surface area contributed by atoms with Crippen molar-refractivity contribution in [3.8, 4) is 0 Å². The van der Waals surface area contributed by atoms with E-state index in [-0.39, 0.29) is 39.7 Å². The molecule has 0 aliphatic heterocycles.